The second-order valence-electron chi connectivity index (χ2n) is 3.76. The predicted molar refractivity (Wildman–Crippen MR) is 60.7 cm³/mol. The van der Waals surface area contributed by atoms with Crippen LogP contribution in [0.2, 0.25) is 0 Å². The van der Waals surface area contributed by atoms with Gasteiger partial charge >= 0.3 is 0 Å². The molecule has 96 valence electrons. The predicted octanol–water partition coefficient (Wildman–Crippen LogP) is -0.252. The minimum atomic E-state index is -0.286. The number of anilines is 1. The summed E-state index contributed by atoms with van der Waals surface area (Å²) in [5.41, 5.74) is 1.33. The average Bonchev–Trinajstić information content (AvgIpc) is 2.89. The lowest BCUT2D eigenvalue weighted by molar-refractivity contribution is -0.117. The standard InChI is InChI=1S/C10H13N5O3/c1-7-4-10(18-13-7)11-9(17)6-15-5-8(2-3-16)12-14-15/h4-5,16H,2-3,6H2,1H3,(H,11,17). The van der Waals surface area contributed by atoms with Crippen molar-refractivity contribution in [3.8, 4) is 0 Å². The van der Waals surface area contributed by atoms with Crippen LogP contribution in [0.25, 0.3) is 0 Å². The smallest absolute Gasteiger partial charge is 0.248 e. The molecule has 8 nitrogen and oxygen atoms in total. The van der Waals surface area contributed by atoms with E-state index < -0.39 is 0 Å². The Hall–Kier alpha value is -2.22. The number of nitrogens with one attached hydrogen (secondary N) is 1. The van der Waals surface area contributed by atoms with E-state index in [4.69, 9.17) is 9.63 Å². The molecule has 2 aromatic rings. The van der Waals surface area contributed by atoms with Crippen LogP contribution in [0.3, 0.4) is 0 Å². The molecule has 1 amide bonds. The van der Waals surface area contributed by atoms with E-state index in [1.54, 1.807) is 19.2 Å². The maximum atomic E-state index is 11.6. The van der Waals surface area contributed by atoms with Gasteiger partial charge in [-0.2, -0.15) is 0 Å². The summed E-state index contributed by atoms with van der Waals surface area (Å²) in [5.74, 6) is 0.0137. The van der Waals surface area contributed by atoms with Gasteiger partial charge in [-0.05, 0) is 6.92 Å². The fourth-order valence-corrected chi connectivity index (χ4v) is 1.39. The Balaban J connectivity index is 1.90. The van der Waals surface area contributed by atoms with Crippen molar-refractivity contribution in [1.29, 1.82) is 0 Å². The lowest BCUT2D eigenvalue weighted by atomic mass is 10.3. The first-order chi connectivity index (χ1) is 8.67. The Morgan fingerprint density at radius 1 is 1.61 bits per heavy atom. The highest BCUT2D eigenvalue weighted by Gasteiger charge is 2.08. The lowest BCUT2D eigenvalue weighted by Gasteiger charge is -1.99. The Kier molecular flexibility index (Phi) is 3.68. The van der Waals surface area contributed by atoms with Crippen LogP contribution in [0.4, 0.5) is 5.88 Å². The van der Waals surface area contributed by atoms with E-state index in [0.717, 1.165) is 0 Å². The molecule has 8 heteroatoms. The number of rotatable bonds is 5. The van der Waals surface area contributed by atoms with Gasteiger partial charge in [0, 0.05) is 25.3 Å². The molecule has 18 heavy (non-hydrogen) atoms. The van der Waals surface area contributed by atoms with Crippen LogP contribution >= 0.6 is 0 Å². The molecular formula is C10H13N5O3. The number of aliphatic hydroxyl groups is 1. The summed E-state index contributed by atoms with van der Waals surface area (Å²) in [5, 5.41) is 22.5. The molecule has 2 heterocycles. The summed E-state index contributed by atoms with van der Waals surface area (Å²) in [7, 11) is 0. The molecule has 2 aromatic heterocycles. The van der Waals surface area contributed by atoms with Crippen LogP contribution in [0, 0.1) is 6.92 Å². The van der Waals surface area contributed by atoms with Crippen molar-refractivity contribution in [2.24, 2.45) is 0 Å². The molecule has 0 bridgehead atoms. The number of amides is 1. The van der Waals surface area contributed by atoms with Crippen molar-refractivity contribution in [3.63, 3.8) is 0 Å². The van der Waals surface area contributed by atoms with E-state index in [1.807, 2.05) is 0 Å². The van der Waals surface area contributed by atoms with Gasteiger partial charge < -0.3 is 9.63 Å². The van der Waals surface area contributed by atoms with Gasteiger partial charge in [0.1, 0.15) is 6.54 Å². The van der Waals surface area contributed by atoms with Gasteiger partial charge in [0.15, 0.2) is 0 Å². The maximum absolute atomic E-state index is 11.6. The molecule has 0 aliphatic rings. The van der Waals surface area contributed by atoms with Crippen LogP contribution < -0.4 is 5.32 Å². The second kappa shape index (κ2) is 5.41. The van der Waals surface area contributed by atoms with E-state index >= 15 is 0 Å². The number of aliphatic hydroxyl groups excluding tert-OH is 1. The molecule has 0 aliphatic heterocycles. The highest BCUT2D eigenvalue weighted by atomic mass is 16.5. The number of nitrogens with zero attached hydrogens (tertiary/aromatic N) is 4. The molecule has 0 aromatic carbocycles. The molecule has 0 atom stereocenters. The summed E-state index contributed by atoms with van der Waals surface area (Å²) >= 11 is 0. The largest absolute Gasteiger partial charge is 0.396 e. The average molecular weight is 251 g/mol. The Morgan fingerprint density at radius 3 is 3.11 bits per heavy atom. The fraction of sp³-hybridized carbons (Fsp3) is 0.400. The van der Waals surface area contributed by atoms with Crippen LogP contribution in [-0.4, -0.2) is 37.8 Å². The summed E-state index contributed by atoms with van der Waals surface area (Å²) in [6.07, 6.45) is 2.03. The monoisotopic (exact) mass is 251 g/mol. The highest BCUT2D eigenvalue weighted by molar-refractivity contribution is 5.89. The molecule has 0 radical (unpaired) electrons. The third kappa shape index (κ3) is 3.14. The SMILES string of the molecule is Cc1cc(NC(=O)Cn2cc(CCO)nn2)on1. The van der Waals surface area contributed by atoms with Crippen LogP contribution in [0.15, 0.2) is 16.8 Å². The Morgan fingerprint density at radius 2 is 2.44 bits per heavy atom. The number of carbonyl (C=O) groups is 1. The van der Waals surface area contributed by atoms with Crippen molar-refractivity contribution in [3.05, 3.63) is 23.7 Å². The molecule has 2 rings (SSSR count). The van der Waals surface area contributed by atoms with E-state index in [2.05, 4.69) is 20.8 Å². The second-order valence-corrected chi connectivity index (χ2v) is 3.76. The van der Waals surface area contributed by atoms with Crippen molar-refractivity contribution in [1.82, 2.24) is 20.2 Å². The first kappa shape index (κ1) is 12.2. The summed E-state index contributed by atoms with van der Waals surface area (Å²) in [4.78, 5) is 11.6. The van der Waals surface area contributed by atoms with Crippen molar-refractivity contribution in [2.75, 3.05) is 11.9 Å². The zero-order valence-corrected chi connectivity index (χ0v) is 9.83. The molecule has 0 saturated heterocycles. The highest BCUT2D eigenvalue weighted by Crippen LogP contribution is 2.08. The Bertz CT molecular complexity index is 533. The van der Waals surface area contributed by atoms with Crippen LogP contribution in [0.1, 0.15) is 11.4 Å². The van der Waals surface area contributed by atoms with Crippen LogP contribution in [0.5, 0.6) is 0 Å². The molecule has 0 saturated carbocycles. The topological polar surface area (TPSA) is 106 Å². The quantitative estimate of drug-likeness (QED) is 0.758. The number of aromatic nitrogens is 4. The number of hydrogen-bond acceptors (Lipinski definition) is 6. The first-order valence-corrected chi connectivity index (χ1v) is 5.40. The van der Waals surface area contributed by atoms with E-state index in [-0.39, 0.29) is 19.1 Å². The molecule has 0 fully saturated rings. The number of aryl methyl sites for hydroxylation is 1. The van der Waals surface area contributed by atoms with E-state index in [0.29, 0.717) is 23.7 Å². The lowest BCUT2D eigenvalue weighted by Crippen LogP contribution is -2.18. The van der Waals surface area contributed by atoms with Crippen molar-refractivity contribution >= 4 is 11.8 Å². The van der Waals surface area contributed by atoms with Gasteiger partial charge in [-0.3, -0.25) is 10.1 Å². The van der Waals surface area contributed by atoms with Gasteiger partial charge in [0.2, 0.25) is 11.8 Å². The van der Waals surface area contributed by atoms with Crippen LogP contribution in [-0.2, 0) is 17.8 Å². The Labute approximate surface area is 103 Å². The minimum absolute atomic E-state index is 0.00221. The molecule has 0 aliphatic carbocycles. The summed E-state index contributed by atoms with van der Waals surface area (Å²) in [6.45, 7) is 1.79. The minimum Gasteiger partial charge on any atom is -0.396 e. The molecular weight excluding hydrogens is 238 g/mol. The zero-order valence-electron chi connectivity index (χ0n) is 9.83. The normalized spacial score (nSPS) is 10.6. The fourth-order valence-electron chi connectivity index (χ4n) is 1.39. The molecule has 0 spiro atoms. The van der Waals surface area contributed by atoms with E-state index in [1.165, 1.54) is 4.68 Å². The van der Waals surface area contributed by atoms with Gasteiger partial charge in [-0.15, -0.1) is 5.10 Å². The van der Waals surface area contributed by atoms with E-state index in [9.17, 15) is 4.79 Å². The van der Waals surface area contributed by atoms with Crippen molar-refractivity contribution in [2.45, 2.75) is 19.9 Å². The third-order valence-corrected chi connectivity index (χ3v) is 2.15. The van der Waals surface area contributed by atoms with Gasteiger partial charge in [-0.1, -0.05) is 10.4 Å². The third-order valence-electron chi connectivity index (χ3n) is 2.15. The molecule has 0 unspecified atom stereocenters. The van der Waals surface area contributed by atoms with Gasteiger partial charge in [0.05, 0.1) is 11.4 Å². The number of carbonyl (C=O) groups excluding carboxylic acids is 1. The number of hydrogen-bond donors (Lipinski definition) is 2. The maximum Gasteiger partial charge on any atom is 0.248 e. The first-order valence-electron chi connectivity index (χ1n) is 5.40. The van der Waals surface area contributed by atoms with Gasteiger partial charge in [0.25, 0.3) is 0 Å². The zero-order chi connectivity index (χ0) is 13.0. The molecule has 2 N–H and O–H groups in total. The van der Waals surface area contributed by atoms with Gasteiger partial charge in [-0.25, -0.2) is 4.68 Å². The summed E-state index contributed by atoms with van der Waals surface area (Å²) < 4.78 is 6.25. The summed E-state index contributed by atoms with van der Waals surface area (Å²) in [6, 6.07) is 1.62. The van der Waals surface area contributed by atoms with Crippen molar-refractivity contribution < 1.29 is 14.4 Å².